The van der Waals surface area contributed by atoms with Gasteiger partial charge in [-0.05, 0) is 29.5 Å². The SMILES string of the molecule is Cc1onnc1I. The van der Waals surface area contributed by atoms with Crippen LogP contribution >= 0.6 is 22.6 Å². The highest BCUT2D eigenvalue weighted by Gasteiger charge is 1.95. The summed E-state index contributed by atoms with van der Waals surface area (Å²) >= 11 is 2.05. The van der Waals surface area contributed by atoms with Crippen molar-refractivity contribution in [3.05, 3.63) is 9.46 Å². The van der Waals surface area contributed by atoms with E-state index in [0.717, 1.165) is 9.46 Å². The van der Waals surface area contributed by atoms with Crippen LogP contribution in [0.15, 0.2) is 4.52 Å². The lowest BCUT2D eigenvalue weighted by Crippen LogP contribution is -1.69. The summed E-state index contributed by atoms with van der Waals surface area (Å²) in [6.07, 6.45) is 0. The molecule has 0 aliphatic carbocycles. The molecule has 1 heterocycles. The van der Waals surface area contributed by atoms with Crippen LogP contribution in [0.3, 0.4) is 0 Å². The number of aromatic nitrogens is 2. The molecule has 0 aliphatic rings. The van der Waals surface area contributed by atoms with E-state index in [-0.39, 0.29) is 0 Å². The van der Waals surface area contributed by atoms with E-state index < -0.39 is 0 Å². The summed E-state index contributed by atoms with van der Waals surface area (Å²) in [5, 5.41) is 6.88. The topological polar surface area (TPSA) is 38.9 Å². The van der Waals surface area contributed by atoms with Crippen LogP contribution in [-0.4, -0.2) is 10.4 Å². The third-order valence-electron chi connectivity index (χ3n) is 0.597. The highest BCUT2D eigenvalue weighted by molar-refractivity contribution is 14.1. The molecule has 0 fully saturated rings. The second-order valence-electron chi connectivity index (χ2n) is 1.12. The minimum Gasteiger partial charge on any atom is -0.341 e. The maximum absolute atomic E-state index is 4.60. The van der Waals surface area contributed by atoms with Crippen LogP contribution in [0.25, 0.3) is 0 Å². The molecule has 0 unspecified atom stereocenters. The fourth-order valence-corrected chi connectivity index (χ4v) is 0.412. The smallest absolute Gasteiger partial charge is 0.167 e. The minimum atomic E-state index is 0.778. The van der Waals surface area contributed by atoms with E-state index in [1.807, 2.05) is 6.92 Å². The summed E-state index contributed by atoms with van der Waals surface area (Å²) in [6, 6.07) is 0. The fourth-order valence-electron chi connectivity index (χ4n) is 0.226. The lowest BCUT2D eigenvalue weighted by Gasteiger charge is -1.70. The maximum Gasteiger partial charge on any atom is 0.167 e. The lowest BCUT2D eigenvalue weighted by molar-refractivity contribution is 0.373. The first-order chi connectivity index (χ1) is 3.30. The van der Waals surface area contributed by atoms with Crippen molar-refractivity contribution in [2.45, 2.75) is 6.92 Å². The zero-order valence-electron chi connectivity index (χ0n) is 3.68. The first-order valence-electron chi connectivity index (χ1n) is 1.75. The Labute approximate surface area is 54.2 Å². The Morgan fingerprint density at radius 2 is 2.43 bits per heavy atom. The molecule has 4 heteroatoms. The van der Waals surface area contributed by atoms with Crippen LogP contribution in [-0.2, 0) is 0 Å². The van der Waals surface area contributed by atoms with Crippen LogP contribution in [0, 0.1) is 10.6 Å². The standard InChI is InChI=1S/C3H3IN2O/c1-2-3(4)5-6-7-2/h1H3. The summed E-state index contributed by atoms with van der Waals surface area (Å²) in [7, 11) is 0. The van der Waals surface area contributed by atoms with Gasteiger partial charge in [0.25, 0.3) is 0 Å². The molecule has 0 aliphatic heterocycles. The molecule has 3 nitrogen and oxygen atoms in total. The fraction of sp³-hybridized carbons (Fsp3) is 0.333. The van der Waals surface area contributed by atoms with Gasteiger partial charge in [-0.25, -0.2) is 0 Å². The maximum atomic E-state index is 4.60. The van der Waals surface area contributed by atoms with E-state index >= 15 is 0 Å². The zero-order chi connectivity index (χ0) is 5.28. The molecule has 0 atom stereocenters. The minimum absolute atomic E-state index is 0.778. The molecule has 1 aromatic heterocycles. The monoisotopic (exact) mass is 210 g/mol. The van der Waals surface area contributed by atoms with E-state index in [2.05, 4.69) is 37.5 Å². The lowest BCUT2D eigenvalue weighted by atomic mass is 10.6. The first kappa shape index (κ1) is 5.02. The number of rotatable bonds is 0. The van der Waals surface area contributed by atoms with Crippen LogP contribution in [0.1, 0.15) is 5.76 Å². The Kier molecular flexibility index (Phi) is 1.27. The molecule has 0 spiro atoms. The normalized spacial score (nSPS) is 9.43. The summed E-state index contributed by atoms with van der Waals surface area (Å²) in [6.45, 7) is 1.82. The molecule has 38 valence electrons. The summed E-state index contributed by atoms with van der Waals surface area (Å²) < 4.78 is 5.43. The third-order valence-corrected chi connectivity index (χ3v) is 1.57. The molecule has 1 aromatic rings. The van der Waals surface area contributed by atoms with Crippen molar-refractivity contribution in [3.8, 4) is 0 Å². The molecule has 0 saturated heterocycles. The molecular formula is C3H3IN2O. The molecule has 7 heavy (non-hydrogen) atoms. The highest BCUT2D eigenvalue weighted by atomic mass is 127. The average molecular weight is 210 g/mol. The van der Waals surface area contributed by atoms with Gasteiger partial charge in [-0.3, -0.25) is 0 Å². The van der Waals surface area contributed by atoms with Crippen LogP contribution in [0.2, 0.25) is 0 Å². The van der Waals surface area contributed by atoms with Crippen LogP contribution in [0.5, 0.6) is 0 Å². The number of halogens is 1. The van der Waals surface area contributed by atoms with Gasteiger partial charge in [0.05, 0.1) is 0 Å². The van der Waals surface area contributed by atoms with Crippen molar-refractivity contribution in [3.63, 3.8) is 0 Å². The molecule has 0 amide bonds. The first-order valence-corrected chi connectivity index (χ1v) is 2.83. The number of nitrogens with zero attached hydrogens (tertiary/aromatic N) is 2. The van der Waals surface area contributed by atoms with Gasteiger partial charge in [-0.1, -0.05) is 0 Å². The van der Waals surface area contributed by atoms with E-state index in [0.29, 0.717) is 0 Å². The number of hydrogen-bond donors (Lipinski definition) is 0. The van der Waals surface area contributed by atoms with Gasteiger partial charge in [0.15, 0.2) is 9.46 Å². The molecule has 0 N–H and O–H groups in total. The molecule has 1 rings (SSSR count). The van der Waals surface area contributed by atoms with Gasteiger partial charge >= 0.3 is 0 Å². The number of hydrogen-bond acceptors (Lipinski definition) is 3. The molecular weight excluding hydrogens is 207 g/mol. The Morgan fingerprint density at radius 1 is 1.71 bits per heavy atom. The molecule has 0 bridgehead atoms. The van der Waals surface area contributed by atoms with E-state index in [1.54, 1.807) is 0 Å². The van der Waals surface area contributed by atoms with E-state index in [1.165, 1.54) is 0 Å². The Morgan fingerprint density at radius 3 is 2.57 bits per heavy atom. The quantitative estimate of drug-likeness (QED) is 0.599. The second-order valence-corrected chi connectivity index (χ2v) is 2.14. The Balaban J connectivity index is 3.12. The summed E-state index contributed by atoms with van der Waals surface area (Å²) in [4.78, 5) is 0. The zero-order valence-corrected chi connectivity index (χ0v) is 5.84. The van der Waals surface area contributed by atoms with Gasteiger partial charge in [0.1, 0.15) is 0 Å². The van der Waals surface area contributed by atoms with Gasteiger partial charge in [0, 0.05) is 5.27 Å². The van der Waals surface area contributed by atoms with Gasteiger partial charge in [-0.2, -0.15) is 0 Å². The Hall–Kier alpha value is -0.130. The molecule has 0 saturated carbocycles. The third kappa shape index (κ3) is 0.902. The van der Waals surface area contributed by atoms with Crippen molar-refractivity contribution < 1.29 is 4.52 Å². The van der Waals surface area contributed by atoms with Crippen molar-refractivity contribution in [1.82, 2.24) is 10.4 Å². The van der Waals surface area contributed by atoms with E-state index in [4.69, 9.17) is 0 Å². The van der Waals surface area contributed by atoms with E-state index in [9.17, 15) is 0 Å². The Bertz CT molecular complexity index is 145. The van der Waals surface area contributed by atoms with Gasteiger partial charge in [-0.15, -0.1) is 5.10 Å². The predicted octanol–water partition coefficient (Wildman–Crippen LogP) is 0.983. The average Bonchev–Trinajstić information content (AvgIpc) is 1.91. The molecule has 0 aromatic carbocycles. The van der Waals surface area contributed by atoms with Crippen molar-refractivity contribution in [2.75, 3.05) is 0 Å². The van der Waals surface area contributed by atoms with Gasteiger partial charge < -0.3 is 4.52 Å². The summed E-state index contributed by atoms with van der Waals surface area (Å²) in [5.41, 5.74) is 0. The highest BCUT2D eigenvalue weighted by Crippen LogP contribution is 2.03. The number of aryl methyl sites for hydroxylation is 1. The van der Waals surface area contributed by atoms with Crippen LogP contribution in [0.4, 0.5) is 0 Å². The second kappa shape index (κ2) is 1.77. The summed E-state index contributed by atoms with van der Waals surface area (Å²) in [5.74, 6) is 0.778. The van der Waals surface area contributed by atoms with Crippen molar-refractivity contribution >= 4 is 22.6 Å². The largest absolute Gasteiger partial charge is 0.341 e. The van der Waals surface area contributed by atoms with Crippen molar-refractivity contribution in [2.24, 2.45) is 0 Å². The van der Waals surface area contributed by atoms with Gasteiger partial charge in [0.2, 0.25) is 0 Å². The van der Waals surface area contributed by atoms with Crippen LogP contribution < -0.4 is 0 Å². The molecule has 0 radical (unpaired) electrons. The predicted molar refractivity (Wildman–Crippen MR) is 31.8 cm³/mol. The van der Waals surface area contributed by atoms with Crippen molar-refractivity contribution in [1.29, 1.82) is 0 Å².